The standard InChI is InChI=1S/C13H22N2O3/c1-2-18-11(16)10-4-3-7-15(8-10)12(17)13(9-14)5-6-13/h10H,2-9,14H2,1H3. The Morgan fingerprint density at radius 2 is 2.17 bits per heavy atom. The first-order valence-electron chi connectivity index (χ1n) is 6.79. The molecule has 2 aliphatic rings. The van der Waals surface area contributed by atoms with E-state index in [4.69, 9.17) is 10.5 Å². The lowest BCUT2D eigenvalue weighted by atomic mass is 9.96. The largest absolute Gasteiger partial charge is 0.466 e. The van der Waals surface area contributed by atoms with Crippen molar-refractivity contribution in [1.82, 2.24) is 4.90 Å². The van der Waals surface area contributed by atoms with Gasteiger partial charge < -0.3 is 15.4 Å². The number of hydrogen-bond donors (Lipinski definition) is 1. The molecule has 1 aliphatic heterocycles. The van der Waals surface area contributed by atoms with Crippen LogP contribution < -0.4 is 5.73 Å². The zero-order chi connectivity index (χ0) is 13.2. The van der Waals surface area contributed by atoms with Gasteiger partial charge in [0, 0.05) is 19.6 Å². The molecule has 1 aliphatic carbocycles. The summed E-state index contributed by atoms with van der Waals surface area (Å²) in [6.07, 6.45) is 3.47. The molecule has 0 spiro atoms. The first kappa shape index (κ1) is 13.3. The average Bonchev–Trinajstić information content (AvgIpc) is 3.19. The predicted molar refractivity (Wildman–Crippen MR) is 66.7 cm³/mol. The van der Waals surface area contributed by atoms with Crippen molar-refractivity contribution >= 4 is 11.9 Å². The maximum atomic E-state index is 12.3. The molecule has 1 saturated heterocycles. The second kappa shape index (κ2) is 5.26. The Hall–Kier alpha value is -1.10. The maximum Gasteiger partial charge on any atom is 0.310 e. The molecule has 1 heterocycles. The van der Waals surface area contributed by atoms with Crippen molar-refractivity contribution < 1.29 is 14.3 Å². The summed E-state index contributed by atoms with van der Waals surface area (Å²) in [5.74, 6) is -0.192. The Labute approximate surface area is 108 Å². The molecule has 1 amide bonds. The minimum Gasteiger partial charge on any atom is -0.466 e. The number of hydrogen-bond acceptors (Lipinski definition) is 4. The van der Waals surface area contributed by atoms with Gasteiger partial charge in [0.2, 0.25) is 5.91 Å². The number of likely N-dealkylation sites (tertiary alicyclic amines) is 1. The number of rotatable bonds is 4. The minimum absolute atomic E-state index is 0.138. The molecule has 0 radical (unpaired) electrons. The van der Waals surface area contributed by atoms with Crippen molar-refractivity contribution in [3.8, 4) is 0 Å². The number of esters is 1. The molecule has 1 atom stereocenters. The van der Waals surface area contributed by atoms with Gasteiger partial charge in [-0.05, 0) is 32.6 Å². The van der Waals surface area contributed by atoms with Gasteiger partial charge in [0.25, 0.3) is 0 Å². The lowest BCUT2D eigenvalue weighted by Gasteiger charge is -2.33. The van der Waals surface area contributed by atoms with Gasteiger partial charge in [0.05, 0.1) is 17.9 Å². The fraction of sp³-hybridized carbons (Fsp3) is 0.846. The summed E-state index contributed by atoms with van der Waals surface area (Å²) in [5, 5.41) is 0. The van der Waals surface area contributed by atoms with Crippen molar-refractivity contribution in [2.45, 2.75) is 32.6 Å². The fourth-order valence-corrected chi connectivity index (χ4v) is 2.61. The Bertz CT molecular complexity index is 339. The van der Waals surface area contributed by atoms with E-state index in [0.29, 0.717) is 19.7 Å². The molecule has 1 saturated carbocycles. The van der Waals surface area contributed by atoms with Gasteiger partial charge in [-0.15, -0.1) is 0 Å². The highest BCUT2D eigenvalue weighted by Gasteiger charge is 2.51. The van der Waals surface area contributed by atoms with Crippen LogP contribution in [0.25, 0.3) is 0 Å². The SMILES string of the molecule is CCOC(=O)C1CCCN(C(=O)C2(CN)CC2)C1. The monoisotopic (exact) mass is 254 g/mol. The summed E-state index contributed by atoms with van der Waals surface area (Å²) in [5.41, 5.74) is 5.37. The Balaban J connectivity index is 1.94. The molecule has 5 nitrogen and oxygen atoms in total. The Kier molecular flexibility index (Phi) is 3.90. The van der Waals surface area contributed by atoms with Crippen molar-refractivity contribution in [3.63, 3.8) is 0 Å². The molecule has 2 N–H and O–H groups in total. The highest BCUT2D eigenvalue weighted by molar-refractivity contribution is 5.86. The van der Waals surface area contributed by atoms with Crippen molar-refractivity contribution in [1.29, 1.82) is 0 Å². The lowest BCUT2D eigenvalue weighted by Crippen LogP contribution is -2.47. The van der Waals surface area contributed by atoms with E-state index >= 15 is 0 Å². The van der Waals surface area contributed by atoms with E-state index in [-0.39, 0.29) is 23.2 Å². The Morgan fingerprint density at radius 1 is 1.44 bits per heavy atom. The number of piperidine rings is 1. The van der Waals surface area contributed by atoms with Crippen LogP contribution in [0.15, 0.2) is 0 Å². The molecule has 1 unspecified atom stereocenters. The van der Waals surface area contributed by atoms with Gasteiger partial charge in [0.1, 0.15) is 0 Å². The lowest BCUT2D eigenvalue weighted by molar-refractivity contribution is -0.152. The normalized spacial score (nSPS) is 25.7. The third kappa shape index (κ3) is 2.51. The molecule has 0 bridgehead atoms. The minimum atomic E-state index is -0.309. The first-order valence-corrected chi connectivity index (χ1v) is 6.79. The summed E-state index contributed by atoms with van der Waals surface area (Å²) in [7, 11) is 0. The number of ether oxygens (including phenoxy) is 1. The summed E-state index contributed by atoms with van der Waals surface area (Å²) < 4.78 is 5.04. The van der Waals surface area contributed by atoms with Crippen molar-refractivity contribution in [3.05, 3.63) is 0 Å². The van der Waals surface area contributed by atoms with E-state index in [0.717, 1.165) is 32.2 Å². The molecule has 5 heteroatoms. The van der Waals surface area contributed by atoms with Crippen LogP contribution in [0.5, 0.6) is 0 Å². The second-order valence-electron chi connectivity index (χ2n) is 5.33. The molecule has 102 valence electrons. The number of carbonyl (C=O) groups excluding carboxylic acids is 2. The molecule has 2 rings (SSSR count). The van der Waals surface area contributed by atoms with Crippen LogP contribution in [0.4, 0.5) is 0 Å². The highest BCUT2D eigenvalue weighted by Crippen LogP contribution is 2.46. The van der Waals surface area contributed by atoms with Crippen molar-refractivity contribution in [2.24, 2.45) is 17.1 Å². The highest BCUT2D eigenvalue weighted by atomic mass is 16.5. The van der Waals surface area contributed by atoms with E-state index in [1.807, 2.05) is 4.90 Å². The maximum absolute atomic E-state index is 12.3. The van der Waals surface area contributed by atoms with E-state index in [1.54, 1.807) is 6.92 Å². The molecule has 18 heavy (non-hydrogen) atoms. The van der Waals surface area contributed by atoms with Crippen LogP contribution in [0.3, 0.4) is 0 Å². The molecule has 0 aromatic rings. The third-order valence-corrected chi connectivity index (χ3v) is 4.03. The first-order chi connectivity index (χ1) is 8.63. The Morgan fingerprint density at radius 3 is 2.72 bits per heavy atom. The van der Waals surface area contributed by atoms with E-state index in [2.05, 4.69) is 0 Å². The van der Waals surface area contributed by atoms with Crippen LogP contribution in [0.2, 0.25) is 0 Å². The van der Waals surface area contributed by atoms with Gasteiger partial charge in [0.15, 0.2) is 0 Å². The smallest absolute Gasteiger partial charge is 0.310 e. The van der Waals surface area contributed by atoms with Gasteiger partial charge in [-0.3, -0.25) is 9.59 Å². The van der Waals surface area contributed by atoms with E-state index in [9.17, 15) is 9.59 Å². The molecule has 2 fully saturated rings. The number of carbonyl (C=O) groups is 2. The molecule has 0 aromatic heterocycles. The molecular formula is C13H22N2O3. The zero-order valence-electron chi connectivity index (χ0n) is 11.0. The van der Waals surface area contributed by atoms with Gasteiger partial charge in [-0.25, -0.2) is 0 Å². The summed E-state index contributed by atoms with van der Waals surface area (Å²) >= 11 is 0. The van der Waals surface area contributed by atoms with Crippen molar-refractivity contribution in [2.75, 3.05) is 26.2 Å². The van der Waals surface area contributed by atoms with Gasteiger partial charge in [-0.1, -0.05) is 0 Å². The van der Waals surface area contributed by atoms with Crippen LogP contribution in [-0.4, -0.2) is 43.0 Å². The quantitative estimate of drug-likeness (QED) is 0.743. The van der Waals surface area contributed by atoms with Crippen LogP contribution >= 0.6 is 0 Å². The summed E-state index contributed by atoms with van der Waals surface area (Å²) in [6, 6.07) is 0. The van der Waals surface area contributed by atoms with Gasteiger partial charge >= 0.3 is 5.97 Å². The third-order valence-electron chi connectivity index (χ3n) is 4.03. The van der Waals surface area contributed by atoms with Crippen LogP contribution in [0, 0.1) is 11.3 Å². The number of nitrogens with two attached hydrogens (primary N) is 1. The van der Waals surface area contributed by atoms with E-state index in [1.165, 1.54) is 0 Å². The predicted octanol–water partition coefficient (Wildman–Crippen LogP) is 0.527. The topological polar surface area (TPSA) is 72.6 Å². The van der Waals surface area contributed by atoms with Crippen LogP contribution in [-0.2, 0) is 14.3 Å². The van der Waals surface area contributed by atoms with Gasteiger partial charge in [-0.2, -0.15) is 0 Å². The van der Waals surface area contributed by atoms with Crippen LogP contribution in [0.1, 0.15) is 32.6 Å². The summed E-state index contributed by atoms with van der Waals surface area (Å²) in [4.78, 5) is 25.9. The zero-order valence-corrected chi connectivity index (χ0v) is 11.0. The second-order valence-corrected chi connectivity index (χ2v) is 5.33. The fourth-order valence-electron chi connectivity index (χ4n) is 2.61. The average molecular weight is 254 g/mol. The van der Waals surface area contributed by atoms with E-state index < -0.39 is 0 Å². The summed E-state index contributed by atoms with van der Waals surface area (Å²) in [6.45, 7) is 3.87. The molecular weight excluding hydrogens is 232 g/mol. The number of nitrogens with zero attached hydrogens (tertiary/aromatic N) is 1. The number of amides is 1. The molecule has 0 aromatic carbocycles.